The molecule has 7 heteroatoms. The molecular formula is C30H50O7. The van der Waals surface area contributed by atoms with Crippen LogP contribution in [0, 0.1) is 0 Å². The molecular weight excluding hydrogens is 472 g/mol. The minimum Gasteiger partial charge on any atom is -0.493 e. The van der Waals surface area contributed by atoms with Crippen molar-refractivity contribution >= 4 is 11.9 Å². The maximum absolute atomic E-state index is 12.0. The molecule has 0 aliphatic carbocycles. The Labute approximate surface area is 224 Å². The fourth-order valence-corrected chi connectivity index (χ4v) is 4.20. The van der Waals surface area contributed by atoms with Crippen LogP contribution in [0.5, 0.6) is 5.75 Å². The van der Waals surface area contributed by atoms with Crippen molar-refractivity contribution < 1.29 is 33.3 Å². The van der Waals surface area contributed by atoms with E-state index >= 15 is 0 Å². The van der Waals surface area contributed by atoms with Crippen LogP contribution in [-0.4, -0.2) is 59.2 Å². The first-order chi connectivity index (χ1) is 17.6. The lowest BCUT2D eigenvalue weighted by Crippen LogP contribution is -2.22. The molecule has 212 valence electrons. The van der Waals surface area contributed by atoms with Gasteiger partial charge in [0.1, 0.15) is 19.0 Å². The number of esters is 2. The second kappa shape index (κ2) is 17.4. The van der Waals surface area contributed by atoms with Crippen molar-refractivity contribution in [2.75, 3.05) is 47.3 Å². The van der Waals surface area contributed by atoms with Gasteiger partial charge in [-0.3, -0.25) is 9.59 Å². The molecule has 0 heterocycles. The summed E-state index contributed by atoms with van der Waals surface area (Å²) in [6, 6.07) is 6.52. The fraction of sp³-hybridized carbons (Fsp3) is 0.733. The van der Waals surface area contributed by atoms with Crippen LogP contribution < -0.4 is 4.74 Å². The van der Waals surface area contributed by atoms with Crippen molar-refractivity contribution in [2.24, 2.45) is 0 Å². The van der Waals surface area contributed by atoms with E-state index < -0.39 is 0 Å². The third-order valence-electron chi connectivity index (χ3n) is 6.71. The van der Waals surface area contributed by atoms with Gasteiger partial charge in [-0.2, -0.15) is 0 Å². The highest BCUT2D eigenvalue weighted by Crippen LogP contribution is 2.39. The van der Waals surface area contributed by atoms with E-state index in [0.29, 0.717) is 45.9 Å². The first kappa shape index (κ1) is 32.9. The van der Waals surface area contributed by atoms with Gasteiger partial charge in [-0.1, -0.05) is 53.2 Å². The topological polar surface area (TPSA) is 80.3 Å². The van der Waals surface area contributed by atoms with Gasteiger partial charge in [0, 0.05) is 27.1 Å². The van der Waals surface area contributed by atoms with Crippen molar-refractivity contribution in [2.45, 2.75) is 96.8 Å². The van der Waals surface area contributed by atoms with Crippen LogP contribution in [0.25, 0.3) is 0 Å². The van der Waals surface area contributed by atoms with Gasteiger partial charge in [0.25, 0.3) is 0 Å². The quantitative estimate of drug-likeness (QED) is 0.150. The Bertz CT molecular complexity index is 801. The number of carbonyl (C=O) groups excluding carboxylic acids is 2. The van der Waals surface area contributed by atoms with E-state index in [1.165, 1.54) is 5.56 Å². The molecule has 0 radical (unpaired) electrons. The van der Waals surface area contributed by atoms with Crippen LogP contribution in [0.15, 0.2) is 18.2 Å². The first-order valence-corrected chi connectivity index (χ1v) is 13.6. The zero-order chi connectivity index (χ0) is 27.7. The van der Waals surface area contributed by atoms with Crippen LogP contribution in [0.4, 0.5) is 0 Å². The highest BCUT2D eigenvalue weighted by atomic mass is 16.6. The lowest BCUT2D eigenvalue weighted by atomic mass is 9.76. The summed E-state index contributed by atoms with van der Waals surface area (Å²) in [5.74, 6) is 0.536. The number of rotatable bonds is 20. The van der Waals surface area contributed by atoms with Crippen LogP contribution in [0.2, 0.25) is 0 Å². The maximum Gasteiger partial charge on any atom is 0.305 e. The average Bonchev–Trinajstić information content (AvgIpc) is 2.84. The molecule has 0 aliphatic heterocycles. The van der Waals surface area contributed by atoms with E-state index in [4.69, 9.17) is 23.7 Å². The zero-order valence-electron chi connectivity index (χ0n) is 24.3. The molecule has 0 N–H and O–H groups in total. The number of carbonyl (C=O) groups is 2. The van der Waals surface area contributed by atoms with Gasteiger partial charge in [-0.25, -0.2) is 0 Å². The van der Waals surface area contributed by atoms with Crippen molar-refractivity contribution in [3.63, 3.8) is 0 Å². The van der Waals surface area contributed by atoms with Crippen molar-refractivity contribution in [1.82, 2.24) is 0 Å². The summed E-state index contributed by atoms with van der Waals surface area (Å²) in [5.41, 5.74) is 2.05. The molecule has 1 rings (SSSR count). The lowest BCUT2D eigenvalue weighted by Gasteiger charge is -2.31. The number of benzene rings is 1. The molecule has 0 amide bonds. The predicted octanol–water partition coefficient (Wildman–Crippen LogP) is 6.14. The smallest absolute Gasteiger partial charge is 0.305 e. The second-order valence-corrected chi connectivity index (χ2v) is 10.8. The van der Waals surface area contributed by atoms with Gasteiger partial charge in [0.05, 0.1) is 19.8 Å². The molecule has 0 spiro atoms. The van der Waals surface area contributed by atoms with Crippen LogP contribution in [0.3, 0.4) is 0 Å². The molecule has 1 aromatic rings. The van der Waals surface area contributed by atoms with Gasteiger partial charge in [0.2, 0.25) is 0 Å². The van der Waals surface area contributed by atoms with Gasteiger partial charge in [-0.15, -0.1) is 0 Å². The van der Waals surface area contributed by atoms with Crippen LogP contribution >= 0.6 is 0 Å². The molecule has 0 saturated carbocycles. The van der Waals surface area contributed by atoms with Crippen molar-refractivity contribution in [1.29, 1.82) is 0 Å². The highest BCUT2D eigenvalue weighted by Gasteiger charge is 2.28. The second-order valence-electron chi connectivity index (χ2n) is 10.8. The monoisotopic (exact) mass is 522 g/mol. The summed E-state index contributed by atoms with van der Waals surface area (Å²) >= 11 is 0. The van der Waals surface area contributed by atoms with E-state index in [-0.39, 0.29) is 22.8 Å². The molecule has 0 fully saturated rings. The number of ether oxygens (including phenoxy) is 5. The molecule has 0 atom stereocenters. The maximum atomic E-state index is 12.0. The van der Waals surface area contributed by atoms with Crippen LogP contribution in [-0.2, 0) is 39.4 Å². The van der Waals surface area contributed by atoms with E-state index in [1.54, 1.807) is 14.2 Å². The standard InChI is InChI=1S/C30H50O7/c1-8-9-18-35-26-23-24(29(2,3)16-10-12-27(31)36-21-19-33-6)14-15-25(26)30(4,5)17-11-13-28(32)37-22-20-34-7/h14-15,23H,8-13,16-22H2,1-7H3. The molecule has 0 aromatic heterocycles. The first-order valence-electron chi connectivity index (χ1n) is 13.6. The molecule has 0 bridgehead atoms. The molecule has 0 unspecified atom stereocenters. The third-order valence-corrected chi connectivity index (χ3v) is 6.71. The Hall–Kier alpha value is -2.12. The molecule has 7 nitrogen and oxygen atoms in total. The van der Waals surface area contributed by atoms with E-state index in [0.717, 1.165) is 49.8 Å². The highest BCUT2D eigenvalue weighted by molar-refractivity contribution is 5.69. The van der Waals surface area contributed by atoms with Gasteiger partial charge >= 0.3 is 11.9 Å². The van der Waals surface area contributed by atoms with Crippen LogP contribution in [0.1, 0.15) is 97.1 Å². The average molecular weight is 523 g/mol. The lowest BCUT2D eigenvalue weighted by molar-refractivity contribution is -0.146. The Kier molecular flexibility index (Phi) is 15.5. The van der Waals surface area contributed by atoms with Gasteiger partial charge in [-0.05, 0) is 60.1 Å². The Morgan fingerprint density at radius 1 is 0.730 bits per heavy atom. The third kappa shape index (κ3) is 12.8. The molecule has 0 saturated heterocycles. The Balaban J connectivity index is 2.88. The van der Waals surface area contributed by atoms with Gasteiger partial charge < -0.3 is 23.7 Å². The SMILES string of the molecule is CCCCOc1cc(C(C)(C)CCCC(=O)OCCOC)ccc1C(C)(C)CCCC(=O)OCCOC. The van der Waals surface area contributed by atoms with Crippen molar-refractivity contribution in [3.05, 3.63) is 29.3 Å². The largest absolute Gasteiger partial charge is 0.493 e. The fourth-order valence-electron chi connectivity index (χ4n) is 4.20. The van der Waals surface area contributed by atoms with Gasteiger partial charge in [0.15, 0.2) is 0 Å². The number of hydrogen-bond donors (Lipinski definition) is 0. The van der Waals surface area contributed by atoms with E-state index in [9.17, 15) is 9.59 Å². The minimum absolute atomic E-state index is 0.121. The molecule has 1 aromatic carbocycles. The minimum atomic E-state index is -0.188. The Morgan fingerprint density at radius 3 is 1.78 bits per heavy atom. The van der Waals surface area contributed by atoms with E-state index in [2.05, 4.69) is 52.8 Å². The van der Waals surface area contributed by atoms with E-state index in [1.807, 2.05) is 0 Å². The molecule has 0 aliphatic rings. The summed E-state index contributed by atoms with van der Waals surface area (Å²) < 4.78 is 26.5. The normalized spacial score (nSPS) is 11.9. The predicted molar refractivity (Wildman–Crippen MR) is 146 cm³/mol. The number of unbranched alkanes of at least 4 members (excludes halogenated alkanes) is 1. The summed E-state index contributed by atoms with van der Waals surface area (Å²) in [6.07, 6.45) is 6.02. The summed E-state index contributed by atoms with van der Waals surface area (Å²) in [6.45, 7) is 13.0. The summed E-state index contributed by atoms with van der Waals surface area (Å²) in [7, 11) is 3.18. The number of methoxy groups -OCH3 is 2. The van der Waals surface area contributed by atoms with Crippen molar-refractivity contribution in [3.8, 4) is 5.75 Å². The summed E-state index contributed by atoms with van der Waals surface area (Å²) in [4.78, 5) is 24.0. The summed E-state index contributed by atoms with van der Waals surface area (Å²) in [5, 5.41) is 0. The molecule has 37 heavy (non-hydrogen) atoms. The Morgan fingerprint density at radius 2 is 1.27 bits per heavy atom. The zero-order valence-corrected chi connectivity index (χ0v) is 24.3. The number of hydrogen-bond acceptors (Lipinski definition) is 7.